The maximum atomic E-state index is 17.1. The number of aromatic hydroxyl groups is 1. The van der Waals surface area contributed by atoms with Crippen LogP contribution in [0.15, 0.2) is 36.4 Å². The molecule has 1 aliphatic carbocycles. The van der Waals surface area contributed by atoms with E-state index in [2.05, 4.69) is 21.0 Å². The minimum Gasteiger partial charge on any atom is -0.508 e. The number of phenolic OH excluding ortho intramolecular Hbond substituents is 1. The molecule has 0 amide bonds. The van der Waals surface area contributed by atoms with Crippen LogP contribution in [-0.2, 0) is 4.74 Å². The number of halogens is 1. The number of terminal acetylenes is 1. The van der Waals surface area contributed by atoms with Gasteiger partial charge < -0.3 is 29.5 Å². The van der Waals surface area contributed by atoms with E-state index in [9.17, 15) is 5.11 Å². The van der Waals surface area contributed by atoms with Crippen molar-refractivity contribution in [3.05, 3.63) is 47.8 Å². The number of benzene rings is 3. The molecule has 9 nitrogen and oxygen atoms in total. The molecule has 1 saturated carbocycles. The highest BCUT2D eigenvalue weighted by Crippen LogP contribution is 2.48. The van der Waals surface area contributed by atoms with Crippen LogP contribution in [0.25, 0.3) is 32.8 Å². The number of hydrogen-bond donors (Lipinski definition) is 2. The van der Waals surface area contributed by atoms with Crippen LogP contribution in [0.4, 0.5) is 10.2 Å². The summed E-state index contributed by atoms with van der Waals surface area (Å²) < 4.78 is 35.6. The number of fused-ring (bicyclic) bond motifs is 6. The van der Waals surface area contributed by atoms with Gasteiger partial charge in [-0.1, -0.05) is 18.1 Å². The van der Waals surface area contributed by atoms with Crippen molar-refractivity contribution >= 4 is 27.5 Å². The lowest BCUT2D eigenvalue weighted by atomic mass is 9.93. The number of phenols is 1. The zero-order valence-electron chi connectivity index (χ0n) is 25.6. The quantitative estimate of drug-likeness (QED) is 0.303. The van der Waals surface area contributed by atoms with Gasteiger partial charge in [-0.15, -0.1) is 6.42 Å². The summed E-state index contributed by atoms with van der Waals surface area (Å²) in [4.78, 5) is 14.5. The lowest BCUT2D eigenvalue weighted by molar-refractivity contribution is 0.0231. The van der Waals surface area contributed by atoms with E-state index in [4.69, 9.17) is 30.6 Å². The van der Waals surface area contributed by atoms with Crippen LogP contribution in [0.5, 0.6) is 17.5 Å². The lowest BCUT2D eigenvalue weighted by Gasteiger charge is -2.40. The lowest BCUT2D eigenvalue weighted by Crippen LogP contribution is -2.60. The van der Waals surface area contributed by atoms with E-state index in [1.165, 1.54) is 0 Å². The molecular weight excluding hydrogens is 585 g/mol. The van der Waals surface area contributed by atoms with E-state index in [0.717, 1.165) is 70.5 Å². The van der Waals surface area contributed by atoms with Crippen molar-refractivity contribution in [3.63, 3.8) is 0 Å². The molecule has 3 atom stereocenters. The Kier molecular flexibility index (Phi) is 6.53. The van der Waals surface area contributed by atoms with Crippen LogP contribution in [0, 0.1) is 23.6 Å². The van der Waals surface area contributed by atoms with Crippen molar-refractivity contribution in [2.45, 2.75) is 43.8 Å². The molecule has 9 rings (SSSR count). The third kappa shape index (κ3) is 4.63. The van der Waals surface area contributed by atoms with Gasteiger partial charge in [0.25, 0.3) is 0 Å². The van der Waals surface area contributed by atoms with Crippen LogP contribution in [0.2, 0.25) is 0 Å². The third-order valence-electron chi connectivity index (χ3n) is 10.6. The highest BCUT2D eigenvalue weighted by molar-refractivity contribution is 6.05. The zero-order valence-corrected chi connectivity index (χ0v) is 25.6. The third-order valence-corrected chi connectivity index (χ3v) is 10.6. The largest absolute Gasteiger partial charge is 0.508 e. The number of morpholine rings is 1. The standard InChI is InChI=1S/C36H36FN5O4/c1-2-21-4-3-5-22-14-24(43)15-25(30(21)22)26-16-29-31-33(32(26)37)39-35(46-20-36(8-9-36)19-41-10-12-44-13-11-41)40-34(31)42-17-23-6-7-27(38-23)28(42)18-45-29/h1,3-5,14-16,23,27-28,38,43H,6-13,17-20H2/t23-,27+,28-/m1/s1. The molecule has 2 bridgehead atoms. The molecule has 10 heteroatoms. The second-order valence-corrected chi connectivity index (χ2v) is 13.6. The summed E-state index contributed by atoms with van der Waals surface area (Å²) in [7, 11) is 0. The summed E-state index contributed by atoms with van der Waals surface area (Å²) in [6, 6.07) is 11.2. The first-order valence-electron chi connectivity index (χ1n) is 16.3. The number of piperazine rings is 1. The molecule has 0 unspecified atom stereocenters. The first kappa shape index (κ1) is 28.1. The van der Waals surface area contributed by atoms with Crippen LogP contribution in [0.3, 0.4) is 0 Å². The molecule has 5 heterocycles. The van der Waals surface area contributed by atoms with E-state index in [0.29, 0.717) is 52.7 Å². The van der Waals surface area contributed by atoms with Gasteiger partial charge in [0.2, 0.25) is 0 Å². The van der Waals surface area contributed by atoms with Crippen LogP contribution in [0.1, 0.15) is 31.2 Å². The topological polar surface area (TPSA) is 92.2 Å². The van der Waals surface area contributed by atoms with Gasteiger partial charge in [0.05, 0.1) is 31.2 Å². The van der Waals surface area contributed by atoms with Gasteiger partial charge in [-0.2, -0.15) is 9.97 Å². The number of anilines is 1. The van der Waals surface area contributed by atoms with Crippen molar-refractivity contribution in [1.82, 2.24) is 20.2 Å². The Bertz CT molecular complexity index is 1920. The average Bonchev–Trinajstić information content (AvgIpc) is 3.76. The van der Waals surface area contributed by atoms with Gasteiger partial charge in [0.15, 0.2) is 5.82 Å². The van der Waals surface area contributed by atoms with Crippen LogP contribution in [-0.4, -0.2) is 90.7 Å². The molecular formula is C36H36FN5O4. The molecule has 3 aromatic carbocycles. The van der Waals surface area contributed by atoms with Crippen molar-refractivity contribution < 1.29 is 23.7 Å². The SMILES string of the molecule is C#Cc1cccc2cc(O)cc(-c3cc4c5c(nc(OCC6(CN7CCOCC7)CC6)nc5c3F)N3C[C@H]5CC[C@H](N5)[C@H]3CO4)c12. The summed E-state index contributed by atoms with van der Waals surface area (Å²) >= 11 is 0. The van der Waals surface area contributed by atoms with E-state index < -0.39 is 5.82 Å². The number of ether oxygens (including phenoxy) is 3. The van der Waals surface area contributed by atoms with E-state index >= 15 is 4.39 Å². The summed E-state index contributed by atoms with van der Waals surface area (Å²) in [5, 5.41) is 16.4. The predicted molar refractivity (Wildman–Crippen MR) is 173 cm³/mol. The van der Waals surface area contributed by atoms with Gasteiger partial charge in [-0.25, -0.2) is 4.39 Å². The molecule has 2 N–H and O–H groups in total. The minimum absolute atomic E-state index is 0.0181. The molecule has 4 fully saturated rings. The number of hydrogen-bond acceptors (Lipinski definition) is 9. The predicted octanol–water partition coefficient (Wildman–Crippen LogP) is 4.47. The Balaban J connectivity index is 1.19. The average molecular weight is 622 g/mol. The molecule has 4 aliphatic heterocycles. The normalized spacial score (nSPS) is 24.7. The van der Waals surface area contributed by atoms with Crippen molar-refractivity contribution in [1.29, 1.82) is 0 Å². The van der Waals surface area contributed by atoms with Crippen molar-refractivity contribution in [2.24, 2.45) is 5.41 Å². The number of rotatable bonds is 6. The highest BCUT2D eigenvalue weighted by Gasteiger charge is 2.46. The zero-order chi connectivity index (χ0) is 31.0. The smallest absolute Gasteiger partial charge is 0.319 e. The molecule has 1 aromatic heterocycles. The van der Waals surface area contributed by atoms with Gasteiger partial charge in [0.1, 0.15) is 29.4 Å². The maximum absolute atomic E-state index is 17.1. The van der Waals surface area contributed by atoms with Gasteiger partial charge in [-0.05, 0) is 60.9 Å². The Morgan fingerprint density at radius 1 is 1.11 bits per heavy atom. The van der Waals surface area contributed by atoms with E-state index in [1.807, 2.05) is 18.2 Å². The fourth-order valence-corrected chi connectivity index (χ4v) is 8.02. The monoisotopic (exact) mass is 621 g/mol. The maximum Gasteiger partial charge on any atom is 0.319 e. The fourth-order valence-electron chi connectivity index (χ4n) is 8.02. The van der Waals surface area contributed by atoms with Gasteiger partial charge >= 0.3 is 6.01 Å². The molecule has 5 aliphatic rings. The summed E-state index contributed by atoms with van der Waals surface area (Å²) in [6.07, 6.45) is 10.2. The first-order chi connectivity index (χ1) is 22.5. The van der Waals surface area contributed by atoms with Crippen LogP contribution < -0.4 is 19.7 Å². The molecule has 236 valence electrons. The Hall–Kier alpha value is -4.17. The minimum atomic E-state index is -0.527. The molecule has 4 aromatic rings. The fraction of sp³-hybridized carbons (Fsp3) is 0.444. The van der Waals surface area contributed by atoms with E-state index in [-0.39, 0.29) is 40.3 Å². The highest BCUT2D eigenvalue weighted by atomic mass is 19.1. The Morgan fingerprint density at radius 3 is 2.80 bits per heavy atom. The molecule has 0 radical (unpaired) electrons. The first-order valence-corrected chi connectivity index (χ1v) is 16.3. The number of aromatic nitrogens is 2. The summed E-state index contributed by atoms with van der Waals surface area (Å²) in [6.45, 7) is 5.95. The van der Waals surface area contributed by atoms with E-state index in [1.54, 1.807) is 18.2 Å². The molecule has 0 spiro atoms. The molecule has 3 saturated heterocycles. The number of nitrogens with one attached hydrogen (secondary N) is 1. The van der Waals surface area contributed by atoms with Crippen molar-refractivity contribution in [2.75, 3.05) is 57.5 Å². The van der Waals surface area contributed by atoms with Gasteiger partial charge in [-0.3, -0.25) is 4.90 Å². The van der Waals surface area contributed by atoms with Gasteiger partial charge in [0, 0.05) is 60.2 Å². The van der Waals surface area contributed by atoms with Crippen molar-refractivity contribution in [3.8, 4) is 41.0 Å². The Labute approximate surface area is 266 Å². The Morgan fingerprint density at radius 2 is 1.98 bits per heavy atom. The number of nitrogens with zero attached hydrogens (tertiary/aromatic N) is 4. The molecule has 46 heavy (non-hydrogen) atoms. The van der Waals surface area contributed by atoms with Crippen LogP contribution >= 0.6 is 0 Å². The second-order valence-electron chi connectivity index (χ2n) is 13.6. The second kappa shape index (κ2) is 10.7. The summed E-state index contributed by atoms with van der Waals surface area (Å²) in [5.74, 6) is 3.39. The summed E-state index contributed by atoms with van der Waals surface area (Å²) in [5.41, 5.74) is 1.54.